The van der Waals surface area contributed by atoms with Crippen molar-refractivity contribution in [1.82, 2.24) is 5.32 Å². The topological polar surface area (TPSA) is 49.4 Å². The largest absolute Gasteiger partial charge is 0.316 e. The van der Waals surface area contributed by atoms with E-state index in [-0.39, 0.29) is 17.2 Å². The van der Waals surface area contributed by atoms with E-state index in [1.54, 1.807) is 0 Å². The second-order valence-electron chi connectivity index (χ2n) is 6.34. The molecule has 2 aliphatic rings. The van der Waals surface area contributed by atoms with Gasteiger partial charge in [-0.15, -0.1) is 0 Å². The van der Waals surface area contributed by atoms with Gasteiger partial charge in [-0.2, -0.15) is 0 Å². The van der Waals surface area contributed by atoms with Crippen molar-refractivity contribution in [3.63, 3.8) is 0 Å². The second kappa shape index (κ2) is 5.60. The van der Waals surface area contributed by atoms with Gasteiger partial charge < -0.3 is 5.32 Å². The maximum Gasteiger partial charge on any atom is 0.234 e. The lowest BCUT2D eigenvalue weighted by molar-refractivity contribution is -0.133. The Hall–Kier alpha value is -1.68. The standard InChI is InChI=1S/C17H22N2O2/c1-18-12-13-6-2-3-7-14(13)19-15(20)10-17(11-16(19)21)8-4-5-9-17/h2-3,6-7,18H,4-5,8-12H2,1H3. The van der Waals surface area contributed by atoms with Gasteiger partial charge in [0, 0.05) is 19.4 Å². The summed E-state index contributed by atoms with van der Waals surface area (Å²) in [6.07, 6.45) is 5.39. The van der Waals surface area contributed by atoms with E-state index in [9.17, 15) is 9.59 Å². The van der Waals surface area contributed by atoms with Gasteiger partial charge in [-0.1, -0.05) is 31.0 Å². The minimum Gasteiger partial charge on any atom is -0.316 e. The van der Waals surface area contributed by atoms with Crippen LogP contribution in [0.3, 0.4) is 0 Å². The quantitative estimate of drug-likeness (QED) is 0.869. The number of nitrogens with one attached hydrogen (secondary N) is 1. The van der Waals surface area contributed by atoms with E-state index in [1.807, 2.05) is 31.3 Å². The van der Waals surface area contributed by atoms with Gasteiger partial charge in [0.05, 0.1) is 5.69 Å². The SMILES string of the molecule is CNCc1ccccc1N1C(=O)CC2(CCCC2)CC1=O. The smallest absolute Gasteiger partial charge is 0.234 e. The molecule has 1 aromatic carbocycles. The fourth-order valence-corrected chi connectivity index (χ4v) is 3.82. The van der Waals surface area contributed by atoms with E-state index in [0.717, 1.165) is 36.9 Å². The van der Waals surface area contributed by atoms with Crippen LogP contribution < -0.4 is 10.2 Å². The van der Waals surface area contributed by atoms with E-state index in [0.29, 0.717) is 19.4 Å². The maximum atomic E-state index is 12.6. The lowest BCUT2D eigenvalue weighted by Crippen LogP contribution is -2.47. The number of hydrogen-bond donors (Lipinski definition) is 1. The van der Waals surface area contributed by atoms with Crippen LogP contribution in [-0.4, -0.2) is 18.9 Å². The summed E-state index contributed by atoms with van der Waals surface area (Å²) in [7, 11) is 1.87. The van der Waals surface area contributed by atoms with Gasteiger partial charge in [0.2, 0.25) is 11.8 Å². The van der Waals surface area contributed by atoms with Crippen molar-refractivity contribution >= 4 is 17.5 Å². The van der Waals surface area contributed by atoms with Crippen molar-refractivity contribution in [3.8, 4) is 0 Å². The molecule has 0 bridgehead atoms. The number of para-hydroxylation sites is 1. The van der Waals surface area contributed by atoms with Crippen LogP contribution in [0.4, 0.5) is 5.69 Å². The molecule has 1 saturated heterocycles. The van der Waals surface area contributed by atoms with E-state index >= 15 is 0 Å². The van der Waals surface area contributed by atoms with Gasteiger partial charge in [0.15, 0.2) is 0 Å². The monoisotopic (exact) mass is 286 g/mol. The Kier molecular flexibility index (Phi) is 3.81. The van der Waals surface area contributed by atoms with Crippen LogP contribution in [0.5, 0.6) is 0 Å². The molecule has 4 heteroatoms. The van der Waals surface area contributed by atoms with Crippen LogP contribution >= 0.6 is 0 Å². The summed E-state index contributed by atoms with van der Waals surface area (Å²) in [5.74, 6) is -0.0617. The Morgan fingerprint density at radius 3 is 2.33 bits per heavy atom. The van der Waals surface area contributed by atoms with Crippen molar-refractivity contribution in [1.29, 1.82) is 0 Å². The van der Waals surface area contributed by atoms with E-state index in [1.165, 1.54) is 4.90 Å². The Morgan fingerprint density at radius 2 is 1.71 bits per heavy atom. The van der Waals surface area contributed by atoms with Crippen LogP contribution in [0, 0.1) is 5.41 Å². The lowest BCUT2D eigenvalue weighted by Gasteiger charge is -2.37. The maximum absolute atomic E-state index is 12.6. The number of carbonyl (C=O) groups excluding carboxylic acids is 2. The highest BCUT2D eigenvalue weighted by Crippen LogP contribution is 2.47. The van der Waals surface area contributed by atoms with Crippen LogP contribution in [0.2, 0.25) is 0 Å². The van der Waals surface area contributed by atoms with Gasteiger partial charge in [0.25, 0.3) is 0 Å². The summed E-state index contributed by atoms with van der Waals surface area (Å²) < 4.78 is 0. The van der Waals surface area contributed by atoms with E-state index in [4.69, 9.17) is 0 Å². The average Bonchev–Trinajstić information content (AvgIpc) is 2.88. The Morgan fingerprint density at radius 1 is 1.10 bits per heavy atom. The minimum absolute atomic E-state index is 0.0308. The zero-order valence-corrected chi connectivity index (χ0v) is 12.5. The van der Waals surface area contributed by atoms with E-state index in [2.05, 4.69) is 5.32 Å². The third-order valence-corrected chi connectivity index (χ3v) is 4.82. The molecular formula is C17H22N2O2. The molecule has 1 spiro atoms. The number of amides is 2. The number of nitrogens with zero attached hydrogens (tertiary/aromatic N) is 1. The van der Waals surface area contributed by atoms with Crippen LogP contribution in [-0.2, 0) is 16.1 Å². The molecule has 3 rings (SSSR count). The molecular weight excluding hydrogens is 264 g/mol. The molecule has 21 heavy (non-hydrogen) atoms. The summed E-state index contributed by atoms with van der Waals surface area (Å²) in [5.41, 5.74) is 1.70. The predicted molar refractivity (Wildman–Crippen MR) is 81.8 cm³/mol. The van der Waals surface area contributed by atoms with Gasteiger partial charge in [-0.25, -0.2) is 0 Å². The molecule has 0 radical (unpaired) electrons. The van der Waals surface area contributed by atoms with Crippen molar-refractivity contribution in [3.05, 3.63) is 29.8 Å². The molecule has 2 amide bonds. The summed E-state index contributed by atoms with van der Waals surface area (Å²) in [5, 5.41) is 3.09. The van der Waals surface area contributed by atoms with Gasteiger partial charge in [-0.05, 0) is 36.9 Å². The van der Waals surface area contributed by atoms with Crippen molar-refractivity contribution in [2.45, 2.75) is 45.1 Å². The molecule has 1 heterocycles. The number of hydrogen-bond acceptors (Lipinski definition) is 3. The van der Waals surface area contributed by atoms with Gasteiger partial charge in [-0.3, -0.25) is 14.5 Å². The Labute approximate surface area is 125 Å². The Balaban J connectivity index is 1.90. The highest BCUT2D eigenvalue weighted by atomic mass is 16.2. The number of piperidine rings is 1. The van der Waals surface area contributed by atoms with Crippen LogP contribution in [0.1, 0.15) is 44.1 Å². The molecule has 0 aromatic heterocycles. The first-order valence-corrected chi connectivity index (χ1v) is 7.73. The molecule has 1 aromatic rings. The summed E-state index contributed by atoms with van der Waals surface area (Å²) in [4.78, 5) is 26.6. The lowest BCUT2D eigenvalue weighted by atomic mass is 9.76. The zero-order valence-electron chi connectivity index (χ0n) is 12.5. The molecule has 1 aliphatic heterocycles. The molecule has 0 unspecified atom stereocenters. The van der Waals surface area contributed by atoms with Gasteiger partial charge >= 0.3 is 0 Å². The van der Waals surface area contributed by atoms with Crippen molar-refractivity contribution in [2.75, 3.05) is 11.9 Å². The second-order valence-corrected chi connectivity index (χ2v) is 6.34. The molecule has 112 valence electrons. The van der Waals surface area contributed by atoms with Crippen LogP contribution in [0.25, 0.3) is 0 Å². The minimum atomic E-state index is -0.0391. The third-order valence-electron chi connectivity index (χ3n) is 4.82. The predicted octanol–water partition coefficient (Wildman–Crippen LogP) is 2.62. The molecule has 2 fully saturated rings. The van der Waals surface area contributed by atoms with E-state index < -0.39 is 0 Å². The van der Waals surface area contributed by atoms with Gasteiger partial charge in [0.1, 0.15) is 0 Å². The number of anilines is 1. The molecule has 1 aliphatic carbocycles. The van der Waals surface area contributed by atoms with Crippen molar-refractivity contribution in [2.24, 2.45) is 5.41 Å². The number of carbonyl (C=O) groups is 2. The first kappa shape index (κ1) is 14.3. The number of rotatable bonds is 3. The molecule has 0 atom stereocenters. The highest BCUT2D eigenvalue weighted by Gasteiger charge is 2.45. The third kappa shape index (κ3) is 2.60. The number of imide groups is 1. The van der Waals surface area contributed by atoms with Crippen molar-refractivity contribution < 1.29 is 9.59 Å². The molecule has 1 N–H and O–H groups in total. The average molecular weight is 286 g/mol. The molecule has 1 saturated carbocycles. The summed E-state index contributed by atoms with van der Waals surface area (Å²) >= 11 is 0. The highest BCUT2D eigenvalue weighted by molar-refractivity contribution is 6.17. The normalized spacial score (nSPS) is 21.3. The zero-order chi connectivity index (χ0) is 14.9. The first-order chi connectivity index (χ1) is 10.2. The summed E-state index contributed by atoms with van der Waals surface area (Å²) in [6.45, 7) is 0.651. The fourth-order valence-electron chi connectivity index (χ4n) is 3.82. The van der Waals surface area contributed by atoms with Crippen LogP contribution in [0.15, 0.2) is 24.3 Å². The fraction of sp³-hybridized carbons (Fsp3) is 0.529. The molecule has 4 nitrogen and oxygen atoms in total. The summed E-state index contributed by atoms with van der Waals surface area (Å²) in [6, 6.07) is 7.66. The Bertz CT molecular complexity index is 542. The number of benzene rings is 1. The first-order valence-electron chi connectivity index (χ1n) is 7.73.